The SMILES string of the molecule is CN(C)c1ccc(N2C(=O)C(Nc3ccc(OC(F)(F)F)cc3)=C(c3ccccc3)C2=O)cc1. The molecular weight excluding hydrogens is 447 g/mol. The molecule has 1 N–H and O–H groups in total. The minimum atomic E-state index is -4.81. The molecule has 34 heavy (non-hydrogen) atoms. The Labute approximate surface area is 193 Å². The lowest BCUT2D eigenvalue weighted by atomic mass is 10.0. The third-order valence-corrected chi connectivity index (χ3v) is 5.13. The quantitative estimate of drug-likeness (QED) is 0.515. The smallest absolute Gasteiger partial charge is 0.406 e. The number of amides is 2. The van der Waals surface area contributed by atoms with Gasteiger partial charge in [-0.15, -0.1) is 13.2 Å². The van der Waals surface area contributed by atoms with Gasteiger partial charge in [-0.25, -0.2) is 4.90 Å². The number of hydrogen-bond acceptors (Lipinski definition) is 5. The van der Waals surface area contributed by atoms with Gasteiger partial charge in [-0.3, -0.25) is 9.59 Å². The molecule has 4 rings (SSSR count). The molecule has 1 aliphatic heterocycles. The van der Waals surface area contributed by atoms with Gasteiger partial charge in [0.25, 0.3) is 11.8 Å². The van der Waals surface area contributed by atoms with E-state index >= 15 is 0 Å². The Kier molecular flexibility index (Phi) is 6.02. The lowest BCUT2D eigenvalue weighted by Crippen LogP contribution is -2.32. The molecule has 174 valence electrons. The maximum atomic E-state index is 13.4. The van der Waals surface area contributed by atoms with Crippen molar-refractivity contribution in [2.75, 3.05) is 29.2 Å². The number of alkyl halides is 3. The maximum absolute atomic E-state index is 13.4. The predicted octanol–water partition coefficient (Wildman–Crippen LogP) is 5.05. The van der Waals surface area contributed by atoms with Gasteiger partial charge in [-0.2, -0.15) is 0 Å². The molecule has 3 aromatic carbocycles. The largest absolute Gasteiger partial charge is 0.573 e. The number of carbonyl (C=O) groups excluding carboxylic acids is 2. The van der Waals surface area contributed by atoms with E-state index in [1.165, 1.54) is 12.1 Å². The summed E-state index contributed by atoms with van der Waals surface area (Å²) in [5.41, 5.74) is 2.35. The fraction of sp³-hybridized carbons (Fsp3) is 0.120. The first-order valence-electron chi connectivity index (χ1n) is 10.2. The number of benzene rings is 3. The van der Waals surface area contributed by atoms with Crippen molar-refractivity contribution < 1.29 is 27.5 Å². The molecule has 6 nitrogen and oxygen atoms in total. The van der Waals surface area contributed by atoms with E-state index in [1.54, 1.807) is 54.6 Å². The van der Waals surface area contributed by atoms with Gasteiger partial charge in [-0.05, 0) is 54.1 Å². The van der Waals surface area contributed by atoms with Crippen LogP contribution in [0.2, 0.25) is 0 Å². The molecule has 0 spiro atoms. The van der Waals surface area contributed by atoms with Gasteiger partial charge < -0.3 is 15.0 Å². The lowest BCUT2D eigenvalue weighted by Gasteiger charge is -2.18. The maximum Gasteiger partial charge on any atom is 0.573 e. The van der Waals surface area contributed by atoms with E-state index in [0.717, 1.165) is 22.7 Å². The Hall–Kier alpha value is -4.27. The van der Waals surface area contributed by atoms with Gasteiger partial charge in [0.15, 0.2) is 0 Å². The minimum Gasteiger partial charge on any atom is -0.406 e. The molecule has 1 heterocycles. The Bertz CT molecular complexity index is 1240. The van der Waals surface area contributed by atoms with E-state index in [-0.39, 0.29) is 11.3 Å². The molecule has 1 aliphatic rings. The number of anilines is 3. The third-order valence-electron chi connectivity index (χ3n) is 5.13. The van der Waals surface area contributed by atoms with Gasteiger partial charge in [0, 0.05) is 25.5 Å². The summed E-state index contributed by atoms with van der Waals surface area (Å²) in [5, 5.41) is 2.91. The summed E-state index contributed by atoms with van der Waals surface area (Å²) in [6.07, 6.45) is -4.81. The number of rotatable bonds is 6. The Morgan fingerprint density at radius 3 is 2.00 bits per heavy atom. The molecule has 0 saturated carbocycles. The van der Waals surface area contributed by atoms with Crippen LogP contribution in [0.15, 0.2) is 84.6 Å². The van der Waals surface area contributed by atoms with Gasteiger partial charge in [0.1, 0.15) is 11.4 Å². The average Bonchev–Trinajstić information content (AvgIpc) is 3.04. The number of nitrogens with one attached hydrogen (secondary N) is 1. The van der Waals surface area contributed by atoms with E-state index in [9.17, 15) is 22.8 Å². The van der Waals surface area contributed by atoms with Crippen LogP contribution in [0, 0.1) is 0 Å². The second kappa shape index (κ2) is 8.93. The molecule has 0 aliphatic carbocycles. The summed E-state index contributed by atoms with van der Waals surface area (Å²) in [6, 6.07) is 20.6. The van der Waals surface area contributed by atoms with E-state index in [0.29, 0.717) is 16.9 Å². The number of halogens is 3. The molecule has 0 radical (unpaired) electrons. The van der Waals surface area contributed by atoms with E-state index < -0.39 is 23.9 Å². The van der Waals surface area contributed by atoms with Crippen LogP contribution in [-0.4, -0.2) is 32.3 Å². The molecule has 0 bridgehead atoms. The molecule has 3 aromatic rings. The van der Waals surface area contributed by atoms with Crippen LogP contribution >= 0.6 is 0 Å². The Balaban J connectivity index is 1.69. The van der Waals surface area contributed by atoms with Crippen molar-refractivity contribution in [3.8, 4) is 5.75 Å². The fourth-order valence-electron chi connectivity index (χ4n) is 3.54. The summed E-state index contributed by atoms with van der Waals surface area (Å²) >= 11 is 0. The van der Waals surface area contributed by atoms with Crippen LogP contribution in [0.25, 0.3) is 5.57 Å². The van der Waals surface area contributed by atoms with Crippen molar-refractivity contribution in [3.05, 3.63) is 90.1 Å². The summed E-state index contributed by atoms with van der Waals surface area (Å²) < 4.78 is 41.2. The number of imide groups is 1. The standard InChI is InChI=1S/C25H20F3N3O3/c1-30(2)18-10-12-19(13-11-18)31-23(32)21(16-6-4-3-5-7-16)22(24(31)33)29-17-8-14-20(15-9-17)34-25(26,27)28/h3-15,29H,1-2H3. The zero-order valence-corrected chi connectivity index (χ0v) is 18.3. The van der Waals surface area contributed by atoms with Gasteiger partial charge in [0.2, 0.25) is 0 Å². The first kappa shape index (κ1) is 22.9. The van der Waals surface area contributed by atoms with Crippen LogP contribution in [0.5, 0.6) is 5.75 Å². The van der Waals surface area contributed by atoms with Crippen molar-refractivity contribution in [2.24, 2.45) is 0 Å². The predicted molar refractivity (Wildman–Crippen MR) is 123 cm³/mol. The number of ether oxygens (including phenoxy) is 1. The van der Waals surface area contributed by atoms with Crippen LogP contribution in [0.1, 0.15) is 5.56 Å². The monoisotopic (exact) mass is 467 g/mol. The van der Waals surface area contributed by atoms with Crippen molar-refractivity contribution >= 4 is 34.4 Å². The molecule has 0 unspecified atom stereocenters. The Morgan fingerprint density at radius 1 is 0.824 bits per heavy atom. The van der Waals surface area contributed by atoms with Gasteiger partial charge >= 0.3 is 6.36 Å². The molecule has 2 amide bonds. The molecule has 0 fully saturated rings. The minimum absolute atomic E-state index is 0.0253. The molecule has 0 aromatic heterocycles. The zero-order valence-electron chi connectivity index (χ0n) is 18.3. The van der Waals surface area contributed by atoms with Crippen LogP contribution in [0.3, 0.4) is 0 Å². The van der Waals surface area contributed by atoms with Crippen molar-refractivity contribution in [1.82, 2.24) is 0 Å². The first-order chi connectivity index (χ1) is 16.1. The van der Waals surface area contributed by atoms with Crippen LogP contribution < -0.4 is 19.9 Å². The molecule has 9 heteroatoms. The normalized spacial score (nSPS) is 14.0. The number of hydrogen-bond donors (Lipinski definition) is 1. The first-order valence-corrected chi connectivity index (χ1v) is 10.2. The third kappa shape index (κ3) is 4.73. The highest BCUT2D eigenvalue weighted by atomic mass is 19.4. The van der Waals surface area contributed by atoms with Gasteiger partial charge in [-0.1, -0.05) is 30.3 Å². The van der Waals surface area contributed by atoms with Crippen molar-refractivity contribution in [3.63, 3.8) is 0 Å². The van der Waals surface area contributed by atoms with Crippen molar-refractivity contribution in [1.29, 1.82) is 0 Å². The van der Waals surface area contributed by atoms with E-state index in [4.69, 9.17) is 0 Å². The highest BCUT2D eigenvalue weighted by Crippen LogP contribution is 2.34. The summed E-state index contributed by atoms with van der Waals surface area (Å²) in [6.45, 7) is 0. The highest BCUT2D eigenvalue weighted by molar-refractivity contribution is 6.46. The highest BCUT2D eigenvalue weighted by Gasteiger charge is 2.40. The van der Waals surface area contributed by atoms with Crippen LogP contribution in [0.4, 0.5) is 30.2 Å². The lowest BCUT2D eigenvalue weighted by molar-refractivity contribution is -0.274. The van der Waals surface area contributed by atoms with E-state index in [1.807, 2.05) is 19.0 Å². The number of nitrogens with zero attached hydrogens (tertiary/aromatic N) is 2. The summed E-state index contributed by atoms with van der Waals surface area (Å²) in [7, 11) is 3.76. The summed E-state index contributed by atoms with van der Waals surface area (Å²) in [5.74, 6) is -1.47. The summed E-state index contributed by atoms with van der Waals surface area (Å²) in [4.78, 5) is 29.7. The second-order valence-electron chi connectivity index (χ2n) is 7.67. The molecule has 0 saturated heterocycles. The van der Waals surface area contributed by atoms with Gasteiger partial charge in [0.05, 0.1) is 11.3 Å². The molecular formula is C25H20F3N3O3. The zero-order chi connectivity index (χ0) is 24.5. The average molecular weight is 467 g/mol. The van der Waals surface area contributed by atoms with Crippen molar-refractivity contribution in [2.45, 2.75) is 6.36 Å². The Morgan fingerprint density at radius 2 is 1.44 bits per heavy atom. The van der Waals surface area contributed by atoms with E-state index in [2.05, 4.69) is 10.1 Å². The number of carbonyl (C=O) groups is 2. The second-order valence-corrected chi connectivity index (χ2v) is 7.67. The fourth-order valence-corrected chi connectivity index (χ4v) is 3.54. The van der Waals surface area contributed by atoms with Crippen LogP contribution in [-0.2, 0) is 9.59 Å². The molecule has 0 atom stereocenters. The topological polar surface area (TPSA) is 61.9 Å².